The van der Waals surface area contributed by atoms with Gasteiger partial charge in [-0.05, 0) is 12.1 Å². The maximum Gasteiger partial charge on any atom is 0.417 e. The molecule has 0 bridgehead atoms. The van der Waals surface area contributed by atoms with E-state index in [9.17, 15) is 26.3 Å². The van der Waals surface area contributed by atoms with Gasteiger partial charge in [0.2, 0.25) is 0 Å². The van der Waals surface area contributed by atoms with Crippen molar-refractivity contribution in [3.63, 3.8) is 0 Å². The Balaban J connectivity index is 3.82. The van der Waals surface area contributed by atoms with Gasteiger partial charge in [0.15, 0.2) is 0 Å². The summed E-state index contributed by atoms with van der Waals surface area (Å²) in [5.41, 5.74) is -2.40. The van der Waals surface area contributed by atoms with E-state index in [0.717, 1.165) is 18.2 Å². The van der Waals surface area contributed by atoms with Gasteiger partial charge in [0.05, 0.1) is 19.3 Å². The van der Waals surface area contributed by atoms with Crippen LogP contribution in [-0.2, 0) is 12.4 Å². The first-order chi connectivity index (χ1) is 11.5. The van der Waals surface area contributed by atoms with Gasteiger partial charge in [-0.3, -0.25) is 9.34 Å². The van der Waals surface area contributed by atoms with Crippen LogP contribution in [0.1, 0.15) is 38.8 Å². The molecular weight excluding hydrogens is 365 g/mol. The van der Waals surface area contributed by atoms with Gasteiger partial charge in [0.1, 0.15) is 0 Å². The largest absolute Gasteiger partial charge is 0.417 e. The molecule has 144 valence electrons. The van der Waals surface area contributed by atoms with Crippen LogP contribution in [0.5, 0.6) is 0 Å². The molecule has 0 saturated carbocycles. The predicted molar refractivity (Wildman–Crippen MR) is 88.8 cm³/mol. The molecule has 0 saturated heterocycles. The van der Waals surface area contributed by atoms with Gasteiger partial charge < -0.3 is 0 Å². The molecule has 0 fully saturated rings. The first kappa shape index (κ1) is 22.2. The van der Waals surface area contributed by atoms with Crippen molar-refractivity contribution in [3.05, 3.63) is 29.3 Å². The molecule has 1 aromatic carbocycles. The molecule has 9 heteroatoms. The van der Waals surface area contributed by atoms with Crippen LogP contribution in [0.2, 0.25) is 0 Å². The summed E-state index contributed by atoms with van der Waals surface area (Å²) < 4.78 is 84.5. The Bertz CT molecular complexity index is 506. The molecule has 0 aromatic heterocycles. The number of benzene rings is 1. The quantitative estimate of drug-likeness (QED) is 0.459. The molecular formula is C16H23F6N2P. The van der Waals surface area contributed by atoms with Crippen molar-refractivity contribution in [1.29, 1.82) is 0 Å². The van der Waals surface area contributed by atoms with Crippen molar-refractivity contribution < 1.29 is 26.3 Å². The van der Waals surface area contributed by atoms with Gasteiger partial charge in [-0.25, -0.2) is 0 Å². The summed E-state index contributed by atoms with van der Waals surface area (Å²) in [6.07, 6.45) is -9.70. The number of nitrogens with zero attached hydrogens (tertiary/aromatic N) is 2. The second-order valence-corrected chi connectivity index (χ2v) is 7.42. The zero-order valence-electron chi connectivity index (χ0n) is 14.7. The minimum Gasteiger partial charge on any atom is -0.267 e. The lowest BCUT2D eigenvalue weighted by atomic mass is 10.1. The third kappa shape index (κ3) is 5.08. The highest BCUT2D eigenvalue weighted by Gasteiger charge is 2.44. The molecule has 0 aliphatic heterocycles. The average molecular weight is 388 g/mol. The molecule has 0 atom stereocenters. The fraction of sp³-hybridized carbons (Fsp3) is 0.625. The molecule has 0 heterocycles. The molecule has 2 nitrogen and oxygen atoms in total. The van der Waals surface area contributed by atoms with Crippen molar-refractivity contribution in [2.45, 2.75) is 40.0 Å². The van der Waals surface area contributed by atoms with Crippen LogP contribution in [0.15, 0.2) is 18.2 Å². The predicted octanol–water partition coefficient (Wildman–Crippen LogP) is 5.35. The van der Waals surface area contributed by atoms with Gasteiger partial charge in [0.25, 0.3) is 0 Å². The van der Waals surface area contributed by atoms with E-state index in [1.54, 1.807) is 37.0 Å². The summed E-state index contributed by atoms with van der Waals surface area (Å²) in [6, 6.07) is 2.31. The van der Waals surface area contributed by atoms with Crippen LogP contribution in [0.25, 0.3) is 0 Å². The van der Waals surface area contributed by atoms with E-state index in [1.807, 2.05) is 0 Å². The molecule has 0 spiro atoms. The van der Waals surface area contributed by atoms with Crippen molar-refractivity contribution in [2.75, 3.05) is 26.2 Å². The second kappa shape index (κ2) is 8.69. The van der Waals surface area contributed by atoms with E-state index < -0.39 is 37.0 Å². The maximum absolute atomic E-state index is 13.5. The molecule has 0 aliphatic carbocycles. The Hall–Kier alpha value is -0.850. The van der Waals surface area contributed by atoms with E-state index in [0.29, 0.717) is 26.2 Å². The van der Waals surface area contributed by atoms with Crippen LogP contribution in [-0.4, -0.2) is 35.5 Å². The van der Waals surface area contributed by atoms with Crippen LogP contribution in [0, 0.1) is 0 Å². The molecule has 1 rings (SSSR count). The lowest BCUT2D eigenvalue weighted by Crippen LogP contribution is -2.39. The SMILES string of the molecule is CCN(CC)P(c1c(C(F)(F)F)cccc1C(F)(F)F)N(CC)CC. The molecule has 0 unspecified atom stereocenters. The summed E-state index contributed by atoms with van der Waals surface area (Å²) in [5, 5.41) is -0.648. The normalized spacial score (nSPS) is 13.3. The highest BCUT2D eigenvalue weighted by molar-refractivity contribution is 7.61. The Morgan fingerprint density at radius 2 is 1.04 bits per heavy atom. The van der Waals surface area contributed by atoms with Crippen LogP contribution < -0.4 is 5.30 Å². The van der Waals surface area contributed by atoms with E-state index in [4.69, 9.17) is 0 Å². The van der Waals surface area contributed by atoms with Crippen LogP contribution >= 0.6 is 8.22 Å². The van der Waals surface area contributed by atoms with Crippen molar-refractivity contribution in [3.8, 4) is 0 Å². The maximum atomic E-state index is 13.5. The molecule has 0 radical (unpaired) electrons. The summed E-state index contributed by atoms with van der Waals surface area (Å²) >= 11 is 0. The van der Waals surface area contributed by atoms with E-state index in [1.165, 1.54) is 0 Å². The molecule has 0 aliphatic rings. The lowest BCUT2D eigenvalue weighted by molar-refractivity contribution is -0.141. The number of rotatable bonds is 7. The number of hydrogen-bond donors (Lipinski definition) is 0. The second-order valence-electron chi connectivity index (χ2n) is 5.26. The first-order valence-electron chi connectivity index (χ1n) is 8.09. The Morgan fingerprint density at radius 3 is 1.28 bits per heavy atom. The lowest BCUT2D eigenvalue weighted by Gasteiger charge is -2.40. The first-order valence-corrected chi connectivity index (χ1v) is 9.34. The zero-order chi connectivity index (χ0) is 19.4. The van der Waals surface area contributed by atoms with Gasteiger partial charge in [-0.1, -0.05) is 33.8 Å². The minimum atomic E-state index is -4.85. The molecule has 25 heavy (non-hydrogen) atoms. The fourth-order valence-corrected chi connectivity index (χ4v) is 5.49. The highest BCUT2D eigenvalue weighted by atomic mass is 31.1. The van der Waals surface area contributed by atoms with Gasteiger partial charge >= 0.3 is 12.4 Å². The van der Waals surface area contributed by atoms with E-state index in [-0.39, 0.29) is 0 Å². The summed E-state index contributed by atoms with van der Waals surface area (Å²) in [6.45, 7) is 8.42. The van der Waals surface area contributed by atoms with E-state index in [2.05, 4.69) is 0 Å². The third-order valence-electron chi connectivity index (χ3n) is 3.84. The highest BCUT2D eigenvalue weighted by Crippen LogP contribution is 2.49. The summed E-state index contributed by atoms with van der Waals surface area (Å²) in [4.78, 5) is 0. The Morgan fingerprint density at radius 1 is 0.720 bits per heavy atom. The Kier molecular flexibility index (Phi) is 7.71. The summed E-state index contributed by atoms with van der Waals surface area (Å²) in [5.74, 6) is 0. The zero-order valence-corrected chi connectivity index (χ0v) is 15.6. The standard InChI is InChI=1S/C16H23F6N2P/c1-5-23(6-2)25(24(7-3)8-4)14-12(15(17,18)19)10-9-11-13(14)16(20,21)22/h9-11H,5-8H2,1-4H3. The third-order valence-corrected chi connectivity index (χ3v) is 6.93. The topological polar surface area (TPSA) is 6.48 Å². The average Bonchev–Trinajstić information content (AvgIpc) is 2.53. The summed E-state index contributed by atoms with van der Waals surface area (Å²) in [7, 11) is -1.93. The van der Waals surface area contributed by atoms with Gasteiger partial charge in [-0.2, -0.15) is 26.3 Å². The van der Waals surface area contributed by atoms with Crippen LogP contribution in [0.3, 0.4) is 0 Å². The number of alkyl halides is 6. The van der Waals surface area contributed by atoms with Crippen molar-refractivity contribution >= 4 is 13.5 Å². The van der Waals surface area contributed by atoms with Gasteiger partial charge in [-0.15, -0.1) is 0 Å². The fourth-order valence-electron chi connectivity index (χ4n) is 2.66. The minimum absolute atomic E-state index is 0.363. The van der Waals surface area contributed by atoms with Crippen LogP contribution in [0.4, 0.5) is 26.3 Å². The van der Waals surface area contributed by atoms with E-state index >= 15 is 0 Å². The Labute approximate surface area is 145 Å². The van der Waals surface area contributed by atoms with Crippen molar-refractivity contribution in [1.82, 2.24) is 9.34 Å². The molecule has 0 amide bonds. The molecule has 0 N–H and O–H groups in total. The number of halogens is 6. The monoisotopic (exact) mass is 388 g/mol. The number of hydrogen-bond acceptors (Lipinski definition) is 2. The smallest absolute Gasteiger partial charge is 0.267 e. The molecule has 1 aromatic rings. The van der Waals surface area contributed by atoms with Gasteiger partial charge in [0, 0.05) is 31.5 Å². The van der Waals surface area contributed by atoms with Crippen molar-refractivity contribution in [2.24, 2.45) is 0 Å².